The summed E-state index contributed by atoms with van der Waals surface area (Å²) in [5.74, 6) is -0.0651. The predicted octanol–water partition coefficient (Wildman–Crippen LogP) is 2.43. The molecule has 2 fully saturated rings. The molecule has 2 heterocycles. The number of ketones is 1. The van der Waals surface area contributed by atoms with Crippen LogP contribution in [-0.2, 0) is 14.8 Å². The molecule has 2 aromatic carbocycles. The standard InChI is InChI=1S/C24H30N4O4S/c1-19(29)20-4-8-22(9-5-20)27-16-14-26(15-17-27)18-24(30)25-21-6-10-23(11-7-21)33(31,32)28-12-2-3-13-28/h4-11H,2-3,12-18H2,1H3,(H,25,30). The van der Waals surface area contributed by atoms with E-state index in [2.05, 4.69) is 15.1 Å². The van der Waals surface area contributed by atoms with Crippen molar-refractivity contribution in [1.82, 2.24) is 9.21 Å². The topological polar surface area (TPSA) is 90.0 Å². The lowest BCUT2D eigenvalue weighted by Gasteiger charge is -2.35. The summed E-state index contributed by atoms with van der Waals surface area (Å²) in [5, 5.41) is 2.86. The Balaban J connectivity index is 1.26. The summed E-state index contributed by atoms with van der Waals surface area (Å²) >= 11 is 0. The Labute approximate surface area is 195 Å². The third-order valence-corrected chi connectivity index (χ3v) is 8.13. The maximum atomic E-state index is 12.6. The Kier molecular flexibility index (Phi) is 7.11. The Morgan fingerprint density at radius 3 is 2.03 bits per heavy atom. The van der Waals surface area contributed by atoms with Gasteiger partial charge in [-0.1, -0.05) is 0 Å². The molecule has 0 saturated carbocycles. The minimum atomic E-state index is -3.45. The van der Waals surface area contributed by atoms with Crippen molar-refractivity contribution in [3.8, 4) is 0 Å². The zero-order valence-electron chi connectivity index (χ0n) is 18.9. The van der Waals surface area contributed by atoms with Crippen molar-refractivity contribution in [1.29, 1.82) is 0 Å². The molecule has 2 aromatic rings. The molecular weight excluding hydrogens is 440 g/mol. The number of hydrogen-bond donors (Lipinski definition) is 1. The molecule has 0 unspecified atom stereocenters. The van der Waals surface area contributed by atoms with Gasteiger partial charge in [0, 0.05) is 56.2 Å². The molecule has 2 aliphatic heterocycles. The van der Waals surface area contributed by atoms with Crippen molar-refractivity contribution < 1.29 is 18.0 Å². The number of nitrogens with zero attached hydrogens (tertiary/aromatic N) is 3. The maximum absolute atomic E-state index is 12.6. The average molecular weight is 471 g/mol. The van der Waals surface area contributed by atoms with Gasteiger partial charge in [0.05, 0.1) is 11.4 Å². The molecule has 0 aromatic heterocycles. The van der Waals surface area contributed by atoms with Crippen molar-refractivity contribution in [2.75, 3.05) is 56.0 Å². The molecule has 1 amide bonds. The fourth-order valence-corrected chi connectivity index (χ4v) is 5.78. The molecule has 33 heavy (non-hydrogen) atoms. The molecule has 4 rings (SSSR count). The van der Waals surface area contributed by atoms with Gasteiger partial charge >= 0.3 is 0 Å². The predicted molar refractivity (Wildman–Crippen MR) is 128 cm³/mol. The summed E-state index contributed by atoms with van der Waals surface area (Å²) in [6.07, 6.45) is 1.79. The van der Waals surface area contributed by atoms with Crippen molar-refractivity contribution in [2.24, 2.45) is 0 Å². The second-order valence-electron chi connectivity index (χ2n) is 8.55. The van der Waals surface area contributed by atoms with Gasteiger partial charge in [0.2, 0.25) is 15.9 Å². The van der Waals surface area contributed by atoms with Crippen LogP contribution in [0.2, 0.25) is 0 Å². The first-order chi connectivity index (χ1) is 15.8. The number of benzene rings is 2. The number of Topliss-reactive ketones (excluding diaryl/α,β-unsaturated/α-hetero) is 1. The van der Waals surface area contributed by atoms with E-state index in [4.69, 9.17) is 0 Å². The van der Waals surface area contributed by atoms with E-state index in [-0.39, 0.29) is 23.1 Å². The number of anilines is 2. The largest absolute Gasteiger partial charge is 0.369 e. The molecule has 176 valence electrons. The zero-order chi connectivity index (χ0) is 23.4. The number of sulfonamides is 1. The normalized spacial score (nSPS) is 17.8. The van der Waals surface area contributed by atoms with Crippen molar-refractivity contribution in [2.45, 2.75) is 24.7 Å². The first-order valence-electron chi connectivity index (χ1n) is 11.3. The molecule has 8 nitrogen and oxygen atoms in total. The summed E-state index contributed by atoms with van der Waals surface area (Å²) in [5.41, 5.74) is 2.37. The number of carbonyl (C=O) groups is 2. The highest BCUT2D eigenvalue weighted by atomic mass is 32.2. The molecule has 0 radical (unpaired) electrons. The second-order valence-corrected chi connectivity index (χ2v) is 10.5. The van der Waals surface area contributed by atoms with Gasteiger partial charge < -0.3 is 10.2 Å². The van der Waals surface area contributed by atoms with Crippen LogP contribution < -0.4 is 10.2 Å². The fraction of sp³-hybridized carbons (Fsp3) is 0.417. The minimum Gasteiger partial charge on any atom is -0.369 e. The van der Waals surface area contributed by atoms with Crippen LogP contribution in [0.3, 0.4) is 0 Å². The number of amides is 1. The van der Waals surface area contributed by atoms with Crippen molar-refractivity contribution in [3.63, 3.8) is 0 Å². The summed E-state index contributed by atoms with van der Waals surface area (Å²) < 4.78 is 26.7. The Morgan fingerprint density at radius 1 is 0.848 bits per heavy atom. The number of nitrogens with one attached hydrogen (secondary N) is 1. The Hall–Kier alpha value is -2.75. The summed E-state index contributed by atoms with van der Waals surface area (Å²) in [4.78, 5) is 28.5. The fourth-order valence-electron chi connectivity index (χ4n) is 4.26. The molecule has 9 heteroatoms. The third kappa shape index (κ3) is 5.61. The molecule has 0 aliphatic carbocycles. The molecular formula is C24H30N4O4S. The first-order valence-corrected chi connectivity index (χ1v) is 12.8. The lowest BCUT2D eigenvalue weighted by Crippen LogP contribution is -2.48. The van der Waals surface area contributed by atoms with Crippen LogP contribution in [0.1, 0.15) is 30.1 Å². The van der Waals surface area contributed by atoms with Crippen LogP contribution in [0.4, 0.5) is 11.4 Å². The lowest BCUT2D eigenvalue weighted by molar-refractivity contribution is -0.117. The average Bonchev–Trinajstić information content (AvgIpc) is 3.36. The Morgan fingerprint density at radius 2 is 1.45 bits per heavy atom. The van der Waals surface area contributed by atoms with Crippen LogP contribution in [-0.4, -0.2) is 75.1 Å². The molecule has 2 aliphatic rings. The van der Waals surface area contributed by atoms with E-state index in [1.54, 1.807) is 31.2 Å². The number of carbonyl (C=O) groups excluding carboxylic acids is 2. The van der Waals surface area contributed by atoms with Crippen LogP contribution in [0.15, 0.2) is 53.4 Å². The van der Waals surface area contributed by atoms with E-state index in [1.165, 1.54) is 4.31 Å². The summed E-state index contributed by atoms with van der Waals surface area (Å²) in [6.45, 7) is 6.10. The highest BCUT2D eigenvalue weighted by molar-refractivity contribution is 7.89. The number of rotatable bonds is 7. The maximum Gasteiger partial charge on any atom is 0.243 e. The van der Waals surface area contributed by atoms with E-state index in [0.717, 1.165) is 44.7 Å². The van der Waals surface area contributed by atoms with Gasteiger partial charge in [-0.25, -0.2) is 8.42 Å². The molecule has 0 atom stereocenters. The summed E-state index contributed by atoms with van der Waals surface area (Å²) in [6, 6.07) is 14.0. The van der Waals surface area contributed by atoms with Gasteiger partial charge in [-0.15, -0.1) is 0 Å². The third-order valence-electron chi connectivity index (χ3n) is 6.22. The van der Waals surface area contributed by atoms with Gasteiger partial charge in [0.1, 0.15) is 0 Å². The zero-order valence-corrected chi connectivity index (χ0v) is 19.7. The Bertz CT molecular complexity index is 1090. The van der Waals surface area contributed by atoms with Crippen LogP contribution in [0.5, 0.6) is 0 Å². The van der Waals surface area contributed by atoms with Crippen molar-refractivity contribution >= 4 is 33.1 Å². The van der Waals surface area contributed by atoms with Crippen LogP contribution in [0.25, 0.3) is 0 Å². The smallest absolute Gasteiger partial charge is 0.243 e. The first kappa shape index (κ1) is 23.4. The van der Waals surface area contributed by atoms with Gasteiger partial charge in [-0.3, -0.25) is 14.5 Å². The van der Waals surface area contributed by atoms with Gasteiger partial charge in [0.15, 0.2) is 5.78 Å². The van der Waals surface area contributed by atoms with Gasteiger partial charge in [0.25, 0.3) is 0 Å². The molecule has 2 saturated heterocycles. The molecule has 1 N–H and O–H groups in total. The van der Waals surface area contributed by atoms with Gasteiger partial charge in [-0.2, -0.15) is 4.31 Å². The highest BCUT2D eigenvalue weighted by Gasteiger charge is 2.27. The van der Waals surface area contributed by atoms with E-state index in [0.29, 0.717) is 24.3 Å². The van der Waals surface area contributed by atoms with E-state index >= 15 is 0 Å². The molecule has 0 bridgehead atoms. The number of piperazine rings is 1. The summed E-state index contributed by atoms with van der Waals surface area (Å²) in [7, 11) is -3.45. The van der Waals surface area contributed by atoms with Crippen LogP contribution >= 0.6 is 0 Å². The minimum absolute atomic E-state index is 0.0558. The van der Waals surface area contributed by atoms with E-state index in [1.807, 2.05) is 24.3 Å². The lowest BCUT2D eigenvalue weighted by atomic mass is 10.1. The van der Waals surface area contributed by atoms with Gasteiger partial charge in [-0.05, 0) is 68.3 Å². The second kappa shape index (κ2) is 10.0. The van der Waals surface area contributed by atoms with E-state index in [9.17, 15) is 18.0 Å². The highest BCUT2D eigenvalue weighted by Crippen LogP contribution is 2.22. The van der Waals surface area contributed by atoms with E-state index < -0.39 is 10.0 Å². The quantitative estimate of drug-likeness (QED) is 0.625. The monoisotopic (exact) mass is 470 g/mol. The number of hydrogen-bond acceptors (Lipinski definition) is 6. The SMILES string of the molecule is CC(=O)c1ccc(N2CCN(CC(=O)Nc3ccc(S(=O)(=O)N4CCCC4)cc3)CC2)cc1. The van der Waals surface area contributed by atoms with Crippen LogP contribution in [0, 0.1) is 0 Å². The molecule has 0 spiro atoms. The van der Waals surface area contributed by atoms with Crippen molar-refractivity contribution in [3.05, 3.63) is 54.1 Å².